The third kappa shape index (κ3) is 3.48. The molecular formula is C14H18F3NOS. The molecule has 112 valence electrons. The minimum Gasteiger partial charge on any atom is -0.376 e. The summed E-state index contributed by atoms with van der Waals surface area (Å²) in [6, 6.07) is 7.54. The molecule has 0 aliphatic carbocycles. The van der Waals surface area contributed by atoms with E-state index in [2.05, 4.69) is 5.32 Å². The second-order valence-corrected chi connectivity index (χ2v) is 6.14. The van der Waals surface area contributed by atoms with Gasteiger partial charge in [-0.15, -0.1) is 0 Å². The molecule has 0 radical (unpaired) electrons. The molecule has 20 heavy (non-hydrogen) atoms. The molecule has 2 N–H and O–H groups in total. The minimum atomic E-state index is -4.68. The highest BCUT2D eigenvalue weighted by molar-refractivity contribution is 7.99. The van der Waals surface area contributed by atoms with Gasteiger partial charge in [0.25, 0.3) is 0 Å². The van der Waals surface area contributed by atoms with E-state index in [1.165, 1.54) is 24.3 Å². The lowest BCUT2D eigenvalue weighted by Crippen LogP contribution is -2.45. The van der Waals surface area contributed by atoms with Crippen molar-refractivity contribution in [1.82, 2.24) is 5.32 Å². The van der Waals surface area contributed by atoms with Crippen molar-refractivity contribution in [3.05, 3.63) is 35.9 Å². The van der Waals surface area contributed by atoms with Gasteiger partial charge in [-0.2, -0.15) is 24.9 Å². The molecule has 1 aliphatic rings. The van der Waals surface area contributed by atoms with Gasteiger partial charge in [0.15, 0.2) is 5.60 Å². The number of rotatable bonds is 5. The molecule has 6 heteroatoms. The van der Waals surface area contributed by atoms with Crippen molar-refractivity contribution in [2.45, 2.75) is 30.7 Å². The van der Waals surface area contributed by atoms with Gasteiger partial charge >= 0.3 is 6.18 Å². The predicted molar refractivity (Wildman–Crippen MR) is 74.7 cm³/mol. The fraction of sp³-hybridized carbons (Fsp3) is 0.571. The van der Waals surface area contributed by atoms with Gasteiger partial charge in [0, 0.05) is 18.2 Å². The second kappa shape index (κ2) is 6.37. The first kappa shape index (κ1) is 15.7. The summed E-state index contributed by atoms with van der Waals surface area (Å²) in [4.78, 5) is 0. The topological polar surface area (TPSA) is 32.3 Å². The zero-order valence-electron chi connectivity index (χ0n) is 11.0. The van der Waals surface area contributed by atoms with E-state index in [-0.39, 0.29) is 24.6 Å². The molecule has 0 saturated carbocycles. The van der Waals surface area contributed by atoms with Crippen LogP contribution in [0.2, 0.25) is 0 Å². The summed E-state index contributed by atoms with van der Waals surface area (Å²) in [7, 11) is 0. The van der Waals surface area contributed by atoms with Crippen LogP contribution in [-0.2, 0) is 5.60 Å². The van der Waals surface area contributed by atoms with E-state index in [1.54, 1.807) is 17.8 Å². The Labute approximate surface area is 120 Å². The van der Waals surface area contributed by atoms with Crippen molar-refractivity contribution >= 4 is 11.8 Å². The molecule has 1 aliphatic heterocycles. The summed E-state index contributed by atoms with van der Waals surface area (Å²) in [6.07, 6.45) is -4.08. The monoisotopic (exact) mass is 305 g/mol. The second-order valence-electron chi connectivity index (χ2n) is 4.99. The first-order valence-corrected chi connectivity index (χ1v) is 7.75. The molecule has 0 spiro atoms. The van der Waals surface area contributed by atoms with Crippen LogP contribution >= 0.6 is 11.8 Å². The normalized spacial score (nSPS) is 22.7. The van der Waals surface area contributed by atoms with Gasteiger partial charge in [-0.05, 0) is 24.3 Å². The van der Waals surface area contributed by atoms with Crippen molar-refractivity contribution in [1.29, 1.82) is 0 Å². The van der Waals surface area contributed by atoms with Crippen LogP contribution in [0.25, 0.3) is 0 Å². The summed E-state index contributed by atoms with van der Waals surface area (Å²) in [5, 5.41) is 13.2. The Hall–Kier alpha value is -0.720. The molecule has 1 aromatic carbocycles. The maximum Gasteiger partial charge on any atom is 0.421 e. The van der Waals surface area contributed by atoms with Crippen molar-refractivity contribution in [2.75, 3.05) is 18.1 Å². The number of nitrogens with one attached hydrogen (secondary N) is 1. The lowest BCUT2D eigenvalue weighted by molar-refractivity contribution is -0.268. The number of thioether (sulfide) groups is 1. The summed E-state index contributed by atoms with van der Waals surface area (Å²) >= 11 is 1.79. The van der Waals surface area contributed by atoms with Crippen molar-refractivity contribution in [2.24, 2.45) is 0 Å². The molecule has 2 nitrogen and oxygen atoms in total. The minimum absolute atomic E-state index is 0.102. The molecule has 2 atom stereocenters. The zero-order valence-corrected chi connectivity index (χ0v) is 11.8. The molecule has 0 bridgehead atoms. The van der Waals surface area contributed by atoms with Crippen LogP contribution < -0.4 is 5.32 Å². The van der Waals surface area contributed by atoms with Crippen LogP contribution in [0.5, 0.6) is 0 Å². The highest BCUT2D eigenvalue weighted by atomic mass is 32.2. The van der Waals surface area contributed by atoms with Gasteiger partial charge in [0.1, 0.15) is 0 Å². The SMILES string of the molecule is O[C@@](CCN[C@H]1CCSC1)(c1ccccc1)C(F)(F)F. The smallest absolute Gasteiger partial charge is 0.376 e. The van der Waals surface area contributed by atoms with Gasteiger partial charge in [0.2, 0.25) is 0 Å². The molecule has 2 rings (SSSR count). The molecule has 1 aromatic rings. The fourth-order valence-electron chi connectivity index (χ4n) is 2.32. The first-order valence-electron chi connectivity index (χ1n) is 6.59. The van der Waals surface area contributed by atoms with Gasteiger partial charge < -0.3 is 10.4 Å². The van der Waals surface area contributed by atoms with Crippen LogP contribution in [-0.4, -0.2) is 35.4 Å². The molecular weight excluding hydrogens is 287 g/mol. The maximum absolute atomic E-state index is 13.2. The molecule has 1 fully saturated rings. The van der Waals surface area contributed by atoms with Crippen molar-refractivity contribution in [3.8, 4) is 0 Å². The molecule has 0 unspecified atom stereocenters. The van der Waals surface area contributed by atoms with Gasteiger partial charge in [0.05, 0.1) is 0 Å². The van der Waals surface area contributed by atoms with Gasteiger partial charge in [-0.1, -0.05) is 30.3 Å². The highest BCUT2D eigenvalue weighted by Crippen LogP contribution is 2.41. The van der Waals surface area contributed by atoms with Gasteiger partial charge in [-0.3, -0.25) is 0 Å². The van der Waals surface area contributed by atoms with E-state index in [4.69, 9.17) is 0 Å². The number of hydrogen-bond donors (Lipinski definition) is 2. The number of hydrogen-bond acceptors (Lipinski definition) is 3. The predicted octanol–water partition coefficient (Wildman–Crippen LogP) is 2.92. The maximum atomic E-state index is 13.2. The van der Waals surface area contributed by atoms with E-state index >= 15 is 0 Å². The van der Waals surface area contributed by atoms with E-state index in [0.717, 1.165) is 17.9 Å². The zero-order chi connectivity index (χ0) is 14.6. The summed E-state index contributed by atoms with van der Waals surface area (Å²) < 4.78 is 39.6. The highest BCUT2D eigenvalue weighted by Gasteiger charge is 2.54. The van der Waals surface area contributed by atoms with Crippen LogP contribution in [0.3, 0.4) is 0 Å². The average Bonchev–Trinajstić information content (AvgIpc) is 2.91. The Bertz CT molecular complexity index is 420. The van der Waals surface area contributed by atoms with Crippen LogP contribution in [0, 0.1) is 0 Å². The van der Waals surface area contributed by atoms with Crippen LogP contribution in [0.1, 0.15) is 18.4 Å². The molecule has 1 saturated heterocycles. The number of halogens is 3. The number of benzene rings is 1. The average molecular weight is 305 g/mol. The molecule has 1 heterocycles. The molecule has 0 aromatic heterocycles. The van der Waals surface area contributed by atoms with Crippen molar-refractivity contribution < 1.29 is 18.3 Å². The Balaban J connectivity index is 2.04. The summed E-state index contributed by atoms with van der Waals surface area (Å²) in [5.74, 6) is 1.97. The van der Waals surface area contributed by atoms with Crippen LogP contribution in [0.15, 0.2) is 30.3 Å². The van der Waals surface area contributed by atoms with Crippen LogP contribution in [0.4, 0.5) is 13.2 Å². The lowest BCUT2D eigenvalue weighted by atomic mass is 9.89. The van der Waals surface area contributed by atoms with Gasteiger partial charge in [-0.25, -0.2) is 0 Å². The third-order valence-corrected chi connectivity index (χ3v) is 4.73. The Kier molecular flexibility index (Phi) is 4.99. The molecule has 0 amide bonds. The third-order valence-electron chi connectivity index (χ3n) is 3.57. The quantitative estimate of drug-likeness (QED) is 0.877. The lowest BCUT2D eigenvalue weighted by Gasteiger charge is -2.31. The fourth-order valence-corrected chi connectivity index (χ4v) is 3.50. The Morgan fingerprint density at radius 1 is 1.25 bits per heavy atom. The van der Waals surface area contributed by atoms with E-state index in [9.17, 15) is 18.3 Å². The Morgan fingerprint density at radius 2 is 1.95 bits per heavy atom. The summed E-state index contributed by atoms with van der Waals surface area (Å²) in [5.41, 5.74) is -2.89. The number of alkyl halides is 3. The van der Waals surface area contributed by atoms with Crippen molar-refractivity contribution in [3.63, 3.8) is 0 Å². The van der Waals surface area contributed by atoms with E-state index < -0.39 is 11.8 Å². The standard InChI is InChI=1S/C14H18F3NOS/c15-14(16,17)13(19,11-4-2-1-3-5-11)7-8-18-12-6-9-20-10-12/h1-5,12,18-19H,6-10H2/t12-,13-/m0/s1. The largest absolute Gasteiger partial charge is 0.421 e. The Morgan fingerprint density at radius 3 is 2.50 bits per heavy atom. The number of aliphatic hydroxyl groups is 1. The van der Waals surface area contributed by atoms with E-state index in [1.807, 2.05) is 0 Å². The first-order chi connectivity index (χ1) is 9.43. The summed E-state index contributed by atoms with van der Waals surface area (Å²) in [6.45, 7) is 0.149. The van der Waals surface area contributed by atoms with E-state index in [0.29, 0.717) is 0 Å².